The molecule has 0 aliphatic carbocycles. The van der Waals surface area contributed by atoms with E-state index in [1.165, 1.54) is 0 Å². The first-order chi connectivity index (χ1) is 6.27. The van der Waals surface area contributed by atoms with Crippen molar-refractivity contribution in [1.29, 1.82) is 0 Å². The maximum atomic E-state index is 9.21. The van der Waals surface area contributed by atoms with Crippen molar-refractivity contribution in [3.63, 3.8) is 0 Å². The quantitative estimate of drug-likeness (QED) is 0.716. The van der Waals surface area contributed by atoms with Gasteiger partial charge in [0.2, 0.25) is 0 Å². The van der Waals surface area contributed by atoms with E-state index in [-0.39, 0.29) is 5.75 Å². The van der Waals surface area contributed by atoms with Crippen LogP contribution in [-0.4, -0.2) is 14.9 Å². The molecule has 2 aromatic rings. The van der Waals surface area contributed by atoms with Crippen LogP contribution in [0.5, 0.6) is 5.75 Å². The zero-order valence-electron chi connectivity index (χ0n) is 7.31. The van der Waals surface area contributed by atoms with Crippen molar-refractivity contribution in [2.45, 2.75) is 6.92 Å². The molecule has 0 aliphatic heterocycles. The minimum Gasteiger partial charge on any atom is -0.508 e. The van der Waals surface area contributed by atoms with Crippen molar-refractivity contribution in [1.82, 2.24) is 9.78 Å². The van der Waals surface area contributed by atoms with E-state index in [1.807, 2.05) is 25.3 Å². The first-order valence-corrected chi connectivity index (χ1v) is 4.07. The van der Waals surface area contributed by atoms with Gasteiger partial charge in [0.1, 0.15) is 5.75 Å². The normalized spacial score (nSPS) is 10.2. The second kappa shape index (κ2) is 2.94. The van der Waals surface area contributed by atoms with Crippen LogP contribution < -0.4 is 0 Å². The van der Waals surface area contributed by atoms with Gasteiger partial charge in [-0.05, 0) is 36.8 Å². The molecule has 1 aromatic heterocycles. The maximum absolute atomic E-state index is 9.21. The van der Waals surface area contributed by atoms with Crippen molar-refractivity contribution in [3.8, 4) is 11.4 Å². The van der Waals surface area contributed by atoms with E-state index in [0.29, 0.717) is 0 Å². The maximum Gasteiger partial charge on any atom is 0.115 e. The summed E-state index contributed by atoms with van der Waals surface area (Å²) in [5, 5.41) is 13.3. The lowest BCUT2D eigenvalue weighted by atomic mass is 10.2. The van der Waals surface area contributed by atoms with Crippen LogP contribution in [-0.2, 0) is 0 Å². The molecule has 13 heavy (non-hydrogen) atoms. The number of hydrogen-bond acceptors (Lipinski definition) is 2. The lowest BCUT2D eigenvalue weighted by Crippen LogP contribution is -1.96. The van der Waals surface area contributed by atoms with E-state index in [9.17, 15) is 5.11 Å². The third-order valence-corrected chi connectivity index (χ3v) is 1.93. The van der Waals surface area contributed by atoms with Crippen LogP contribution in [0.3, 0.4) is 0 Å². The van der Waals surface area contributed by atoms with Gasteiger partial charge in [-0.1, -0.05) is 0 Å². The molecular weight excluding hydrogens is 164 g/mol. The van der Waals surface area contributed by atoms with Crippen LogP contribution in [0.15, 0.2) is 36.7 Å². The number of rotatable bonds is 1. The Morgan fingerprint density at radius 1 is 1.38 bits per heavy atom. The highest BCUT2D eigenvalue weighted by Crippen LogP contribution is 2.18. The van der Waals surface area contributed by atoms with Gasteiger partial charge in [0, 0.05) is 12.4 Å². The molecule has 0 fully saturated rings. The summed E-state index contributed by atoms with van der Waals surface area (Å²) in [6, 6.07) is 7.09. The van der Waals surface area contributed by atoms with Crippen LogP contribution in [0, 0.1) is 6.92 Å². The van der Waals surface area contributed by atoms with Crippen molar-refractivity contribution in [2.75, 3.05) is 0 Å². The summed E-state index contributed by atoms with van der Waals surface area (Å²) < 4.78 is 1.77. The topological polar surface area (TPSA) is 38.0 Å². The average Bonchev–Trinajstić information content (AvgIpc) is 2.56. The zero-order chi connectivity index (χ0) is 9.26. The molecule has 1 heterocycles. The number of hydrogen-bond donors (Lipinski definition) is 1. The number of aromatic hydroxyl groups is 1. The van der Waals surface area contributed by atoms with Gasteiger partial charge in [-0.15, -0.1) is 0 Å². The summed E-state index contributed by atoms with van der Waals surface area (Å²) in [5.41, 5.74) is 1.99. The van der Waals surface area contributed by atoms with Gasteiger partial charge in [-0.2, -0.15) is 5.10 Å². The summed E-state index contributed by atoms with van der Waals surface area (Å²) in [7, 11) is 0. The van der Waals surface area contributed by atoms with Gasteiger partial charge in [-0.25, -0.2) is 4.68 Å². The van der Waals surface area contributed by atoms with Gasteiger partial charge in [-0.3, -0.25) is 0 Å². The summed E-state index contributed by atoms with van der Waals surface area (Å²) in [4.78, 5) is 0. The number of benzene rings is 1. The molecule has 0 saturated carbocycles. The number of aryl methyl sites for hydroxylation is 1. The summed E-state index contributed by atoms with van der Waals surface area (Å²) in [6.07, 6.45) is 3.60. The number of phenols is 1. The first kappa shape index (κ1) is 7.86. The Balaban J connectivity index is 2.53. The highest BCUT2D eigenvalue weighted by Gasteiger charge is 2.00. The smallest absolute Gasteiger partial charge is 0.115 e. The van der Waals surface area contributed by atoms with E-state index < -0.39 is 0 Å². The molecule has 1 aromatic carbocycles. The van der Waals surface area contributed by atoms with Gasteiger partial charge >= 0.3 is 0 Å². The summed E-state index contributed by atoms with van der Waals surface area (Å²) >= 11 is 0. The third-order valence-electron chi connectivity index (χ3n) is 1.93. The van der Waals surface area contributed by atoms with E-state index in [4.69, 9.17) is 0 Å². The average molecular weight is 174 g/mol. The molecule has 3 heteroatoms. The molecule has 0 amide bonds. The Kier molecular flexibility index (Phi) is 1.77. The predicted molar refractivity (Wildman–Crippen MR) is 50.0 cm³/mol. The highest BCUT2D eigenvalue weighted by atomic mass is 16.3. The monoisotopic (exact) mass is 174 g/mol. The summed E-state index contributed by atoms with van der Waals surface area (Å²) in [6.45, 7) is 1.94. The second-order valence-corrected chi connectivity index (χ2v) is 2.92. The minimum atomic E-state index is 0.286. The Morgan fingerprint density at radius 2 is 2.23 bits per heavy atom. The van der Waals surface area contributed by atoms with Gasteiger partial charge < -0.3 is 5.11 Å². The molecule has 3 nitrogen and oxygen atoms in total. The molecule has 0 saturated heterocycles. The number of nitrogens with zero attached hydrogens (tertiary/aromatic N) is 2. The second-order valence-electron chi connectivity index (χ2n) is 2.92. The molecule has 0 bridgehead atoms. The van der Waals surface area contributed by atoms with Crippen molar-refractivity contribution >= 4 is 0 Å². The Hall–Kier alpha value is -1.77. The van der Waals surface area contributed by atoms with E-state index in [1.54, 1.807) is 23.0 Å². The fraction of sp³-hybridized carbons (Fsp3) is 0.100. The predicted octanol–water partition coefficient (Wildman–Crippen LogP) is 1.89. The van der Waals surface area contributed by atoms with Crippen LogP contribution in [0.1, 0.15) is 5.56 Å². The van der Waals surface area contributed by atoms with Gasteiger partial charge in [0.05, 0.1) is 5.69 Å². The Morgan fingerprint density at radius 3 is 2.85 bits per heavy atom. The van der Waals surface area contributed by atoms with Gasteiger partial charge in [0.25, 0.3) is 0 Å². The zero-order valence-corrected chi connectivity index (χ0v) is 7.31. The molecular formula is C10H10N2O. The largest absolute Gasteiger partial charge is 0.508 e. The molecule has 1 N–H and O–H groups in total. The molecule has 0 unspecified atom stereocenters. The lowest BCUT2D eigenvalue weighted by Gasteiger charge is -2.05. The van der Waals surface area contributed by atoms with Crippen molar-refractivity contribution < 1.29 is 5.11 Å². The number of phenolic OH excluding ortho intramolecular Hbond substituents is 1. The SMILES string of the molecule is Cc1cc(O)ccc1-n1cccn1. The van der Waals surface area contributed by atoms with Gasteiger partial charge in [0.15, 0.2) is 0 Å². The van der Waals surface area contributed by atoms with Crippen molar-refractivity contribution in [2.24, 2.45) is 0 Å². The highest BCUT2D eigenvalue weighted by molar-refractivity contribution is 5.43. The molecule has 0 atom stereocenters. The Bertz CT molecular complexity index is 407. The van der Waals surface area contributed by atoms with Crippen LogP contribution in [0.25, 0.3) is 5.69 Å². The fourth-order valence-electron chi connectivity index (χ4n) is 1.31. The minimum absolute atomic E-state index is 0.286. The molecule has 66 valence electrons. The number of aromatic nitrogens is 2. The summed E-state index contributed by atoms with van der Waals surface area (Å²) in [5.74, 6) is 0.286. The molecule has 2 rings (SSSR count). The molecule has 0 spiro atoms. The molecule has 0 radical (unpaired) electrons. The first-order valence-electron chi connectivity index (χ1n) is 4.07. The van der Waals surface area contributed by atoms with Crippen LogP contribution in [0.4, 0.5) is 0 Å². The van der Waals surface area contributed by atoms with E-state index in [0.717, 1.165) is 11.3 Å². The van der Waals surface area contributed by atoms with E-state index >= 15 is 0 Å². The lowest BCUT2D eigenvalue weighted by molar-refractivity contribution is 0.474. The van der Waals surface area contributed by atoms with Crippen LogP contribution >= 0.6 is 0 Å². The fourth-order valence-corrected chi connectivity index (χ4v) is 1.31. The standard InChI is InChI=1S/C10H10N2O/c1-8-7-9(13)3-4-10(8)12-6-2-5-11-12/h2-7,13H,1H3. The molecule has 0 aliphatic rings. The third kappa shape index (κ3) is 1.40. The van der Waals surface area contributed by atoms with E-state index in [2.05, 4.69) is 5.10 Å². The van der Waals surface area contributed by atoms with Crippen molar-refractivity contribution in [3.05, 3.63) is 42.2 Å². The Labute approximate surface area is 76.3 Å². The van der Waals surface area contributed by atoms with Crippen LogP contribution in [0.2, 0.25) is 0 Å².